The highest BCUT2D eigenvalue weighted by Crippen LogP contribution is 2.29. The van der Waals surface area contributed by atoms with Crippen molar-refractivity contribution in [3.63, 3.8) is 0 Å². The fourth-order valence-corrected chi connectivity index (χ4v) is 2.29. The molecule has 2 rings (SSSR count). The SMILES string of the molecule is CC(C)(C)n1c(CCl)nnc1-c1ccc(Cl)cc1F. The lowest BCUT2D eigenvalue weighted by Crippen LogP contribution is -2.25. The minimum absolute atomic E-state index is 0.222. The quantitative estimate of drug-likeness (QED) is 0.777. The minimum atomic E-state index is -0.425. The first-order chi connectivity index (χ1) is 8.84. The van der Waals surface area contributed by atoms with Gasteiger partial charge in [-0.15, -0.1) is 21.8 Å². The molecular weight excluding hydrogens is 288 g/mol. The van der Waals surface area contributed by atoms with Gasteiger partial charge in [0.25, 0.3) is 0 Å². The largest absolute Gasteiger partial charge is 0.305 e. The van der Waals surface area contributed by atoms with Crippen molar-refractivity contribution < 1.29 is 4.39 Å². The molecule has 0 N–H and O–H groups in total. The van der Waals surface area contributed by atoms with E-state index in [2.05, 4.69) is 10.2 Å². The molecular formula is C13H14Cl2FN3. The first-order valence-electron chi connectivity index (χ1n) is 5.80. The van der Waals surface area contributed by atoms with Gasteiger partial charge in [0.1, 0.15) is 11.6 Å². The average molecular weight is 302 g/mol. The minimum Gasteiger partial charge on any atom is -0.305 e. The van der Waals surface area contributed by atoms with Crippen LogP contribution in [-0.2, 0) is 11.4 Å². The van der Waals surface area contributed by atoms with Gasteiger partial charge in [-0.1, -0.05) is 11.6 Å². The Morgan fingerprint density at radius 1 is 1.26 bits per heavy atom. The lowest BCUT2D eigenvalue weighted by atomic mass is 10.1. The highest BCUT2D eigenvalue weighted by molar-refractivity contribution is 6.30. The molecule has 1 heterocycles. The highest BCUT2D eigenvalue weighted by atomic mass is 35.5. The van der Waals surface area contributed by atoms with Crippen LogP contribution >= 0.6 is 23.2 Å². The van der Waals surface area contributed by atoms with Crippen molar-refractivity contribution in [2.75, 3.05) is 0 Å². The molecule has 0 bridgehead atoms. The van der Waals surface area contributed by atoms with Gasteiger partial charge in [-0.3, -0.25) is 0 Å². The van der Waals surface area contributed by atoms with Crippen LogP contribution in [-0.4, -0.2) is 14.8 Å². The van der Waals surface area contributed by atoms with Crippen molar-refractivity contribution in [2.24, 2.45) is 0 Å². The summed E-state index contributed by atoms with van der Waals surface area (Å²) in [7, 11) is 0. The fourth-order valence-electron chi connectivity index (χ4n) is 1.95. The summed E-state index contributed by atoms with van der Waals surface area (Å²) in [5.41, 5.74) is 0.0676. The Morgan fingerprint density at radius 2 is 1.95 bits per heavy atom. The molecule has 0 saturated heterocycles. The third kappa shape index (κ3) is 2.74. The van der Waals surface area contributed by atoms with Gasteiger partial charge in [0.05, 0.1) is 11.4 Å². The molecule has 1 aromatic carbocycles. The summed E-state index contributed by atoms with van der Waals surface area (Å²) in [6.45, 7) is 5.97. The number of alkyl halides is 1. The normalized spacial score (nSPS) is 11.9. The maximum absolute atomic E-state index is 14.0. The van der Waals surface area contributed by atoms with E-state index in [0.29, 0.717) is 22.2 Å². The Balaban J connectivity index is 2.66. The molecule has 102 valence electrons. The average Bonchev–Trinajstić information content (AvgIpc) is 2.72. The van der Waals surface area contributed by atoms with Gasteiger partial charge in [-0.25, -0.2) is 4.39 Å². The third-order valence-electron chi connectivity index (χ3n) is 2.69. The molecule has 0 radical (unpaired) electrons. The molecule has 0 fully saturated rings. The predicted octanol–water partition coefficient (Wildman–Crippen LogP) is 4.23. The Kier molecular flexibility index (Phi) is 3.83. The van der Waals surface area contributed by atoms with E-state index in [4.69, 9.17) is 23.2 Å². The molecule has 0 aliphatic rings. The van der Waals surface area contributed by atoms with Crippen molar-refractivity contribution in [1.29, 1.82) is 0 Å². The second-order valence-corrected chi connectivity index (χ2v) is 5.91. The lowest BCUT2D eigenvalue weighted by molar-refractivity contribution is 0.389. The van der Waals surface area contributed by atoms with Gasteiger partial charge in [-0.2, -0.15) is 0 Å². The fraction of sp³-hybridized carbons (Fsp3) is 0.385. The van der Waals surface area contributed by atoms with Crippen molar-refractivity contribution >= 4 is 23.2 Å². The van der Waals surface area contributed by atoms with E-state index in [9.17, 15) is 4.39 Å². The van der Waals surface area contributed by atoms with Gasteiger partial charge in [0.15, 0.2) is 5.82 Å². The Hall–Kier alpha value is -1.13. The van der Waals surface area contributed by atoms with Crippen molar-refractivity contribution in [1.82, 2.24) is 14.8 Å². The van der Waals surface area contributed by atoms with Crippen LogP contribution in [0.2, 0.25) is 5.02 Å². The molecule has 0 spiro atoms. The molecule has 0 aliphatic heterocycles. The van der Waals surface area contributed by atoms with Crippen LogP contribution in [0.15, 0.2) is 18.2 Å². The molecule has 0 amide bonds. The molecule has 0 atom stereocenters. The van der Waals surface area contributed by atoms with E-state index < -0.39 is 5.82 Å². The number of halogens is 3. The molecule has 0 unspecified atom stereocenters. The zero-order valence-corrected chi connectivity index (χ0v) is 12.4. The zero-order valence-electron chi connectivity index (χ0n) is 10.9. The van der Waals surface area contributed by atoms with Gasteiger partial charge < -0.3 is 4.57 Å². The molecule has 3 nitrogen and oxygen atoms in total. The Labute approximate surface area is 121 Å². The maximum Gasteiger partial charge on any atom is 0.167 e. The Morgan fingerprint density at radius 3 is 2.47 bits per heavy atom. The zero-order chi connectivity index (χ0) is 14.2. The summed E-state index contributed by atoms with van der Waals surface area (Å²) < 4.78 is 15.9. The first kappa shape index (κ1) is 14.3. The van der Waals surface area contributed by atoms with Crippen molar-refractivity contribution in [3.8, 4) is 11.4 Å². The van der Waals surface area contributed by atoms with E-state index in [1.807, 2.05) is 25.3 Å². The van der Waals surface area contributed by atoms with Crippen molar-refractivity contribution in [3.05, 3.63) is 34.9 Å². The molecule has 1 aromatic heterocycles. The van der Waals surface area contributed by atoms with Crippen LogP contribution in [0.5, 0.6) is 0 Å². The van der Waals surface area contributed by atoms with Gasteiger partial charge in [-0.05, 0) is 39.0 Å². The van der Waals surface area contributed by atoms with Crippen LogP contribution in [0.25, 0.3) is 11.4 Å². The van der Waals surface area contributed by atoms with E-state index >= 15 is 0 Å². The number of nitrogens with zero attached hydrogens (tertiary/aromatic N) is 3. The van der Waals surface area contributed by atoms with Crippen molar-refractivity contribution in [2.45, 2.75) is 32.2 Å². The van der Waals surface area contributed by atoms with Crippen LogP contribution < -0.4 is 0 Å². The summed E-state index contributed by atoms with van der Waals surface area (Å²) >= 11 is 11.6. The molecule has 19 heavy (non-hydrogen) atoms. The third-order valence-corrected chi connectivity index (χ3v) is 3.17. The van der Waals surface area contributed by atoms with E-state index in [1.165, 1.54) is 6.07 Å². The summed E-state index contributed by atoms with van der Waals surface area (Å²) in [6, 6.07) is 4.49. The molecule has 2 aromatic rings. The summed E-state index contributed by atoms with van der Waals surface area (Å²) in [5, 5.41) is 8.43. The topological polar surface area (TPSA) is 30.7 Å². The monoisotopic (exact) mass is 301 g/mol. The molecule has 6 heteroatoms. The highest BCUT2D eigenvalue weighted by Gasteiger charge is 2.24. The van der Waals surface area contributed by atoms with Crippen LogP contribution in [0.4, 0.5) is 4.39 Å². The Bertz CT molecular complexity index is 602. The van der Waals surface area contributed by atoms with E-state index in [1.54, 1.807) is 12.1 Å². The number of aromatic nitrogens is 3. The van der Waals surface area contributed by atoms with E-state index in [0.717, 1.165) is 0 Å². The standard InChI is InChI=1S/C13H14Cl2FN3/c1-13(2,3)19-11(7-14)17-18-12(19)9-5-4-8(15)6-10(9)16/h4-6H,7H2,1-3H3. The predicted molar refractivity (Wildman–Crippen MR) is 75.0 cm³/mol. The summed E-state index contributed by atoms with van der Waals surface area (Å²) in [4.78, 5) is 0. The lowest BCUT2D eigenvalue weighted by Gasteiger charge is -2.24. The van der Waals surface area contributed by atoms with Gasteiger partial charge >= 0.3 is 0 Å². The number of hydrogen-bond donors (Lipinski definition) is 0. The first-order valence-corrected chi connectivity index (χ1v) is 6.72. The van der Waals surface area contributed by atoms with Crippen LogP contribution in [0.3, 0.4) is 0 Å². The molecule has 0 aliphatic carbocycles. The number of rotatable bonds is 2. The summed E-state index contributed by atoms with van der Waals surface area (Å²) in [5.74, 6) is 0.863. The van der Waals surface area contributed by atoms with E-state index in [-0.39, 0.29) is 11.4 Å². The maximum atomic E-state index is 14.0. The second-order valence-electron chi connectivity index (χ2n) is 5.20. The molecule has 0 saturated carbocycles. The van der Waals surface area contributed by atoms with Crippen LogP contribution in [0, 0.1) is 5.82 Å². The summed E-state index contributed by atoms with van der Waals surface area (Å²) in [6.07, 6.45) is 0. The smallest absolute Gasteiger partial charge is 0.167 e. The number of hydrogen-bond acceptors (Lipinski definition) is 2. The van der Waals surface area contributed by atoms with Gasteiger partial charge in [0.2, 0.25) is 0 Å². The van der Waals surface area contributed by atoms with Gasteiger partial charge in [0, 0.05) is 10.6 Å². The number of benzene rings is 1. The van der Waals surface area contributed by atoms with Crippen LogP contribution in [0.1, 0.15) is 26.6 Å². The second kappa shape index (κ2) is 5.10.